The van der Waals surface area contributed by atoms with Crippen LogP contribution in [0.2, 0.25) is 0 Å². The lowest BCUT2D eigenvalue weighted by atomic mass is 10.3. The van der Waals surface area contributed by atoms with Gasteiger partial charge >= 0.3 is 5.91 Å². The molecule has 3 rings (SSSR count). The highest BCUT2D eigenvalue weighted by molar-refractivity contribution is 7.98. The van der Waals surface area contributed by atoms with Gasteiger partial charge in [-0.15, -0.1) is 11.8 Å². The van der Waals surface area contributed by atoms with Gasteiger partial charge in [0.1, 0.15) is 5.69 Å². The van der Waals surface area contributed by atoms with Gasteiger partial charge in [-0.25, -0.2) is 0 Å². The van der Waals surface area contributed by atoms with Crippen molar-refractivity contribution in [2.24, 2.45) is 0 Å². The lowest BCUT2D eigenvalue weighted by Crippen LogP contribution is -2.41. The molecule has 0 bridgehead atoms. The quantitative estimate of drug-likeness (QED) is 0.492. The van der Waals surface area contributed by atoms with E-state index in [1.807, 2.05) is 30.3 Å². The number of thioether (sulfide) groups is 1. The summed E-state index contributed by atoms with van der Waals surface area (Å²) in [6, 6.07) is 14.9. The molecule has 24 heavy (non-hydrogen) atoms. The predicted molar refractivity (Wildman–Crippen MR) is 90.4 cm³/mol. The molecular weight excluding hydrogens is 326 g/mol. The van der Waals surface area contributed by atoms with E-state index < -0.39 is 11.8 Å². The molecule has 0 aliphatic carbocycles. The zero-order valence-electron chi connectivity index (χ0n) is 12.6. The highest BCUT2D eigenvalue weighted by atomic mass is 32.2. The summed E-state index contributed by atoms with van der Waals surface area (Å²) < 4.78 is 5.25. The van der Waals surface area contributed by atoms with Gasteiger partial charge in [0.25, 0.3) is 5.91 Å². The Labute approximate surface area is 142 Å². The third-order valence-corrected chi connectivity index (χ3v) is 4.28. The maximum atomic E-state index is 12.2. The first-order chi connectivity index (χ1) is 11.7. The molecule has 7 heteroatoms. The number of furan rings is 1. The van der Waals surface area contributed by atoms with Crippen LogP contribution in [0.4, 0.5) is 0 Å². The first kappa shape index (κ1) is 15.9. The second-order valence-electron chi connectivity index (χ2n) is 4.87. The van der Waals surface area contributed by atoms with Gasteiger partial charge in [0.2, 0.25) is 0 Å². The zero-order valence-corrected chi connectivity index (χ0v) is 13.4. The highest BCUT2D eigenvalue weighted by Crippen LogP contribution is 2.24. The fourth-order valence-corrected chi connectivity index (χ4v) is 2.93. The van der Waals surface area contributed by atoms with Gasteiger partial charge < -0.3 is 9.40 Å². The lowest BCUT2D eigenvalue weighted by molar-refractivity contribution is 0.0828. The first-order valence-electron chi connectivity index (χ1n) is 7.22. The van der Waals surface area contributed by atoms with Crippen LogP contribution in [0.15, 0.2) is 70.3 Å². The summed E-state index contributed by atoms with van der Waals surface area (Å²) in [6.07, 6.45) is 3.09. The maximum absolute atomic E-state index is 12.2. The van der Waals surface area contributed by atoms with E-state index in [9.17, 15) is 9.59 Å². The molecule has 2 aromatic heterocycles. The number of H-pyrrole nitrogens is 1. The topological polar surface area (TPSA) is 87.1 Å². The van der Waals surface area contributed by atoms with E-state index in [-0.39, 0.29) is 5.76 Å². The molecule has 0 spiro atoms. The van der Waals surface area contributed by atoms with Crippen molar-refractivity contribution in [1.82, 2.24) is 15.8 Å². The van der Waals surface area contributed by atoms with Crippen LogP contribution in [-0.2, 0) is 5.75 Å². The molecule has 2 amide bonds. The molecule has 122 valence electrons. The summed E-state index contributed by atoms with van der Waals surface area (Å²) in [6.45, 7) is 0. The Bertz CT molecular complexity index is 813. The van der Waals surface area contributed by atoms with Crippen LogP contribution >= 0.6 is 11.8 Å². The number of carbonyl (C=O) groups excluding carboxylic acids is 2. The van der Waals surface area contributed by atoms with Gasteiger partial charge in [0.05, 0.1) is 6.26 Å². The van der Waals surface area contributed by atoms with Crippen molar-refractivity contribution in [3.05, 3.63) is 78.0 Å². The van der Waals surface area contributed by atoms with E-state index in [0.717, 1.165) is 10.5 Å². The van der Waals surface area contributed by atoms with E-state index in [2.05, 4.69) is 15.8 Å². The molecule has 0 aliphatic heterocycles. The molecule has 6 nitrogen and oxygen atoms in total. The second-order valence-corrected chi connectivity index (χ2v) is 5.92. The van der Waals surface area contributed by atoms with Crippen LogP contribution in [-0.4, -0.2) is 16.8 Å². The molecule has 3 N–H and O–H groups in total. The SMILES string of the molecule is O=C(NNC(=O)c1occc1CSc1ccccc1)c1ccc[nH]1. The average Bonchev–Trinajstić information content (AvgIpc) is 3.30. The van der Waals surface area contributed by atoms with Crippen molar-refractivity contribution in [3.8, 4) is 0 Å². The van der Waals surface area contributed by atoms with Gasteiger partial charge in [-0.2, -0.15) is 0 Å². The Morgan fingerprint density at radius 2 is 1.79 bits per heavy atom. The van der Waals surface area contributed by atoms with E-state index in [1.165, 1.54) is 6.26 Å². The fourth-order valence-electron chi connectivity index (χ4n) is 2.04. The number of hydrogen-bond acceptors (Lipinski definition) is 4. The number of nitrogens with one attached hydrogen (secondary N) is 3. The van der Waals surface area contributed by atoms with Crippen LogP contribution < -0.4 is 10.9 Å². The third-order valence-electron chi connectivity index (χ3n) is 3.22. The zero-order chi connectivity index (χ0) is 16.8. The molecule has 0 atom stereocenters. The Balaban J connectivity index is 1.57. The van der Waals surface area contributed by atoms with Gasteiger partial charge in [-0.3, -0.25) is 20.4 Å². The Kier molecular flexibility index (Phi) is 5.02. The smallest absolute Gasteiger partial charge is 0.305 e. The van der Waals surface area contributed by atoms with E-state index in [1.54, 1.807) is 36.2 Å². The van der Waals surface area contributed by atoms with Crippen molar-refractivity contribution >= 4 is 23.6 Å². The molecular formula is C17H15N3O3S. The maximum Gasteiger partial charge on any atom is 0.305 e. The molecule has 0 fully saturated rings. The number of carbonyl (C=O) groups is 2. The van der Waals surface area contributed by atoms with Gasteiger partial charge in [0, 0.05) is 22.4 Å². The molecule has 3 aromatic rings. The number of hydrazine groups is 1. The first-order valence-corrected chi connectivity index (χ1v) is 8.21. The highest BCUT2D eigenvalue weighted by Gasteiger charge is 2.16. The molecule has 2 heterocycles. The van der Waals surface area contributed by atoms with E-state index in [4.69, 9.17) is 4.42 Å². The minimum absolute atomic E-state index is 0.185. The van der Waals surface area contributed by atoms with E-state index >= 15 is 0 Å². The molecule has 0 aliphatic rings. The van der Waals surface area contributed by atoms with Crippen molar-refractivity contribution in [3.63, 3.8) is 0 Å². The Hall–Kier alpha value is -2.93. The van der Waals surface area contributed by atoms with Crippen molar-refractivity contribution in [2.75, 3.05) is 0 Å². The van der Waals surface area contributed by atoms with Crippen LogP contribution in [0.5, 0.6) is 0 Å². The standard InChI is InChI=1S/C17H15N3O3S/c21-16(14-7-4-9-18-14)19-20-17(22)15-12(8-10-23-15)11-24-13-5-2-1-3-6-13/h1-10,18H,11H2,(H,19,21)(H,20,22). The number of amides is 2. The number of hydrogen-bond donors (Lipinski definition) is 3. The van der Waals surface area contributed by atoms with Crippen LogP contribution in [0.1, 0.15) is 26.6 Å². The monoisotopic (exact) mass is 341 g/mol. The van der Waals surface area contributed by atoms with Crippen LogP contribution in [0, 0.1) is 0 Å². The van der Waals surface area contributed by atoms with Gasteiger partial charge in [-0.05, 0) is 30.3 Å². The van der Waals surface area contributed by atoms with Gasteiger partial charge in [0.15, 0.2) is 5.76 Å². The largest absolute Gasteiger partial charge is 0.459 e. The second kappa shape index (κ2) is 7.56. The number of aromatic nitrogens is 1. The third kappa shape index (κ3) is 3.88. The summed E-state index contributed by atoms with van der Waals surface area (Å²) in [5.41, 5.74) is 5.80. The molecule has 0 unspecified atom stereocenters. The van der Waals surface area contributed by atoms with E-state index in [0.29, 0.717) is 11.4 Å². The summed E-state index contributed by atoms with van der Waals surface area (Å²) in [4.78, 5) is 27.8. The predicted octanol–water partition coefficient (Wildman–Crippen LogP) is 2.97. The normalized spacial score (nSPS) is 10.3. The summed E-state index contributed by atoms with van der Waals surface area (Å²) in [7, 11) is 0. The minimum atomic E-state index is -0.497. The van der Waals surface area contributed by atoms with Crippen LogP contribution in [0.25, 0.3) is 0 Å². The summed E-state index contributed by atoms with van der Waals surface area (Å²) >= 11 is 1.60. The molecule has 0 radical (unpaired) electrons. The number of aromatic amines is 1. The van der Waals surface area contributed by atoms with Crippen molar-refractivity contribution in [2.45, 2.75) is 10.6 Å². The molecule has 0 saturated carbocycles. The number of rotatable bonds is 5. The Morgan fingerprint density at radius 1 is 1.00 bits per heavy atom. The number of benzene rings is 1. The fraction of sp³-hybridized carbons (Fsp3) is 0.0588. The molecule has 1 aromatic carbocycles. The summed E-state index contributed by atoms with van der Waals surface area (Å²) in [5, 5.41) is 0. The Morgan fingerprint density at radius 3 is 2.54 bits per heavy atom. The summed E-state index contributed by atoms with van der Waals surface area (Å²) in [5.74, 6) is -0.151. The minimum Gasteiger partial charge on any atom is -0.459 e. The van der Waals surface area contributed by atoms with Crippen LogP contribution in [0.3, 0.4) is 0 Å². The van der Waals surface area contributed by atoms with Crippen molar-refractivity contribution in [1.29, 1.82) is 0 Å². The molecule has 0 saturated heterocycles. The van der Waals surface area contributed by atoms with Gasteiger partial charge in [-0.1, -0.05) is 18.2 Å². The van der Waals surface area contributed by atoms with Crippen molar-refractivity contribution < 1.29 is 14.0 Å². The lowest BCUT2D eigenvalue weighted by Gasteiger charge is -2.06. The average molecular weight is 341 g/mol.